The summed E-state index contributed by atoms with van der Waals surface area (Å²) in [5.41, 5.74) is 4.34. The second-order valence-corrected chi connectivity index (χ2v) is 6.69. The number of fused-ring (bicyclic) bond motifs is 2. The molecule has 0 aliphatic rings. The number of hydrogen-bond donors (Lipinski definition) is 1. The van der Waals surface area contributed by atoms with Crippen molar-refractivity contribution in [2.24, 2.45) is 0 Å². The maximum Gasteiger partial charge on any atom is 0.151 e. The Morgan fingerprint density at radius 2 is 1.21 bits per heavy atom. The quantitative estimate of drug-likeness (QED) is 0.513. The minimum Gasteiger partial charge on any atom is -0.372 e. The van der Waals surface area contributed by atoms with Crippen LogP contribution in [0.3, 0.4) is 0 Å². The molecule has 5 aromatic rings. The number of aromatic nitrogens is 6. The summed E-state index contributed by atoms with van der Waals surface area (Å²) in [5, 5.41) is 28.0. The van der Waals surface area contributed by atoms with Gasteiger partial charge in [-0.1, -0.05) is 65.0 Å². The Hall–Kier alpha value is -3.58. The molecule has 5 rings (SSSR count). The van der Waals surface area contributed by atoms with Gasteiger partial charge in [-0.05, 0) is 29.8 Å². The average Bonchev–Trinajstić information content (AvgIpc) is 3.37. The first-order valence-electron chi connectivity index (χ1n) is 9.14. The molecular weight excluding hydrogens is 352 g/mol. The Labute approximate surface area is 160 Å². The van der Waals surface area contributed by atoms with Gasteiger partial charge < -0.3 is 5.11 Å². The lowest BCUT2D eigenvalue weighted by Gasteiger charge is -2.22. The Bertz CT molecular complexity index is 1230. The molecule has 3 aromatic carbocycles. The molecule has 0 saturated heterocycles. The minimum atomic E-state index is -0.861. The highest BCUT2D eigenvalue weighted by atomic mass is 16.3. The van der Waals surface area contributed by atoms with E-state index < -0.39 is 6.23 Å². The second-order valence-electron chi connectivity index (χ2n) is 6.69. The van der Waals surface area contributed by atoms with Crippen LogP contribution < -0.4 is 0 Å². The standard InChI is InChI=1S/C21H18N6O/c28-21(27-19-13-7-5-11-17(19)23-25-27)14-20(15-8-2-1-3-9-15)26-18-12-6-4-10-16(18)22-24-26/h1-13,20-21,28H,14H2. The zero-order valence-corrected chi connectivity index (χ0v) is 15.0. The normalized spacial score (nSPS) is 13.8. The lowest BCUT2D eigenvalue weighted by molar-refractivity contribution is 0.0715. The summed E-state index contributed by atoms with van der Waals surface area (Å²) in [5.74, 6) is 0. The van der Waals surface area contributed by atoms with E-state index >= 15 is 0 Å². The van der Waals surface area contributed by atoms with Crippen LogP contribution in [0.5, 0.6) is 0 Å². The predicted molar refractivity (Wildman–Crippen MR) is 106 cm³/mol. The van der Waals surface area contributed by atoms with E-state index in [4.69, 9.17) is 0 Å². The highest BCUT2D eigenvalue weighted by Crippen LogP contribution is 2.30. The molecule has 2 unspecified atom stereocenters. The van der Waals surface area contributed by atoms with Crippen LogP contribution in [0, 0.1) is 0 Å². The van der Waals surface area contributed by atoms with Gasteiger partial charge in [-0.3, -0.25) is 0 Å². The fourth-order valence-electron chi connectivity index (χ4n) is 3.58. The van der Waals surface area contributed by atoms with Crippen molar-refractivity contribution in [2.75, 3.05) is 0 Å². The second kappa shape index (κ2) is 6.86. The first-order valence-corrected chi connectivity index (χ1v) is 9.14. The number of aliphatic hydroxyl groups excluding tert-OH is 1. The highest BCUT2D eigenvalue weighted by molar-refractivity contribution is 5.74. The van der Waals surface area contributed by atoms with Crippen molar-refractivity contribution in [1.82, 2.24) is 30.0 Å². The topological polar surface area (TPSA) is 81.6 Å². The molecule has 0 aliphatic carbocycles. The van der Waals surface area contributed by atoms with Gasteiger partial charge in [0.2, 0.25) is 0 Å². The molecular formula is C21H18N6O. The van der Waals surface area contributed by atoms with Gasteiger partial charge in [0, 0.05) is 6.42 Å². The number of rotatable bonds is 5. The highest BCUT2D eigenvalue weighted by Gasteiger charge is 2.24. The van der Waals surface area contributed by atoms with E-state index in [0.717, 1.165) is 27.6 Å². The third-order valence-electron chi connectivity index (χ3n) is 4.95. The van der Waals surface area contributed by atoms with Crippen molar-refractivity contribution in [3.05, 3.63) is 84.4 Å². The molecule has 0 spiro atoms. The molecule has 0 saturated carbocycles. The van der Waals surface area contributed by atoms with Gasteiger partial charge in [-0.25, -0.2) is 9.36 Å². The minimum absolute atomic E-state index is 0.202. The maximum absolute atomic E-state index is 11.0. The zero-order chi connectivity index (χ0) is 18.9. The van der Waals surface area contributed by atoms with E-state index in [1.807, 2.05) is 83.5 Å². The van der Waals surface area contributed by atoms with Gasteiger partial charge in [0.15, 0.2) is 6.23 Å². The van der Waals surface area contributed by atoms with Crippen molar-refractivity contribution in [3.8, 4) is 0 Å². The van der Waals surface area contributed by atoms with E-state index in [2.05, 4.69) is 20.6 Å². The van der Waals surface area contributed by atoms with Gasteiger partial charge in [0.1, 0.15) is 11.0 Å². The van der Waals surface area contributed by atoms with E-state index in [1.165, 1.54) is 0 Å². The van der Waals surface area contributed by atoms with Crippen LogP contribution in [0.4, 0.5) is 0 Å². The SMILES string of the molecule is OC(CC(c1ccccc1)n1nnc2ccccc21)n1nnc2ccccc21. The summed E-state index contributed by atoms with van der Waals surface area (Å²) in [6, 6.07) is 25.2. The molecule has 0 fully saturated rings. The molecule has 0 radical (unpaired) electrons. The first kappa shape index (κ1) is 16.6. The van der Waals surface area contributed by atoms with Crippen LogP contribution in [0.1, 0.15) is 24.3 Å². The number of aliphatic hydroxyl groups is 1. The molecule has 0 aliphatic heterocycles. The number of para-hydroxylation sites is 2. The summed E-state index contributed by atoms with van der Waals surface area (Å²) in [7, 11) is 0. The lowest BCUT2D eigenvalue weighted by atomic mass is 10.0. The van der Waals surface area contributed by atoms with Crippen LogP contribution >= 0.6 is 0 Å². The van der Waals surface area contributed by atoms with Crippen molar-refractivity contribution in [2.45, 2.75) is 18.7 Å². The van der Waals surface area contributed by atoms with Gasteiger partial charge in [-0.2, -0.15) is 0 Å². The molecule has 2 heterocycles. The number of benzene rings is 3. The summed E-state index contributed by atoms with van der Waals surface area (Å²) in [4.78, 5) is 0. The molecule has 7 nitrogen and oxygen atoms in total. The molecule has 7 heteroatoms. The van der Waals surface area contributed by atoms with E-state index in [0.29, 0.717) is 6.42 Å². The van der Waals surface area contributed by atoms with Crippen molar-refractivity contribution >= 4 is 22.1 Å². The first-order chi connectivity index (χ1) is 13.8. The molecule has 1 N–H and O–H groups in total. The molecule has 28 heavy (non-hydrogen) atoms. The van der Waals surface area contributed by atoms with E-state index in [9.17, 15) is 5.11 Å². The Morgan fingerprint density at radius 3 is 1.89 bits per heavy atom. The Balaban J connectivity index is 1.57. The largest absolute Gasteiger partial charge is 0.372 e. The van der Waals surface area contributed by atoms with Gasteiger partial charge >= 0.3 is 0 Å². The molecule has 138 valence electrons. The zero-order valence-electron chi connectivity index (χ0n) is 15.0. The van der Waals surface area contributed by atoms with Crippen molar-refractivity contribution in [3.63, 3.8) is 0 Å². The monoisotopic (exact) mass is 370 g/mol. The van der Waals surface area contributed by atoms with E-state index in [1.54, 1.807) is 4.68 Å². The van der Waals surface area contributed by atoms with Crippen LogP contribution in [0.25, 0.3) is 22.1 Å². The van der Waals surface area contributed by atoms with E-state index in [-0.39, 0.29) is 6.04 Å². The molecule has 0 amide bonds. The van der Waals surface area contributed by atoms with Crippen LogP contribution in [-0.2, 0) is 0 Å². The molecule has 0 bridgehead atoms. The van der Waals surface area contributed by atoms with Crippen LogP contribution in [0.15, 0.2) is 78.9 Å². The molecule has 2 aromatic heterocycles. The predicted octanol–water partition coefficient (Wildman–Crippen LogP) is 3.35. The summed E-state index contributed by atoms with van der Waals surface area (Å²) in [6.07, 6.45) is -0.481. The van der Waals surface area contributed by atoms with Crippen molar-refractivity contribution < 1.29 is 5.11 Å². The smallest absolute Gasteiger partial charge is 0.151 e. The lowest BCUT2D eigenvalue weighted by Crippen LogP contribution is -2.20. The fourth-order valence-corrected chi connectivity index (χ4v) is 3.58. The third-order valence-corrected chi connectivity index (χ3v) is 4.95. The Kier molecular flexibility index (Phi) is 4.06. The fraction of sp³-hybridized carbons (Fsp3) is 0.143. The van der Waals surface area contributed by atoms with Gasteiger partial charge in [0.05, 0.1) is 17.1 Å². The number of hydrogen-bond acceptors (Lipinski definition) is 5. The Morgan fingerprint density at radius 1 is 0.679 bits per heavy atom. The average molecular weight is 370 g/mol. The number of nitrogens with zero attached hydrogens (tertiary/aromatic N) is 6. The summed E-state index contributed by atoms with van der Waals surface area (Å²) >= 11 is 0. The van der Waals surface area contributed by atoms with Crippen molar-refractivity contribution in [1.29, 1.82) is 0 Å². The summed E-state index contributed by atoms with van der Waals surface area (Å²) in [6.45, 7) is 0. The maximum atomic E-state index is 11.0. The van der Waals surface area contributed by atoms with Crippen LogP contribution in [-0.4, -0.2) is 35.1 Å². The third kappa shape index (κ3) is 2.82. The summed E-state index contributed by atoms with van der Waals surface area (Å²) < 4.78 is 3.43. The molecule has 2 atom stereocenters. The van der Waals surface area contributed by atoms with Crippen LogP contribution in [0.2, 0.25) is 0 Å². The van der Waals surface area contributed by atoms with Gasteiger partial charge in [-0.15, -0.1) is 10.2 Å². The van der Waals surface area contributed by atoms with Gasteiger partial charge in [0.25, 0.3) is 0 Å².